The van der Waals surface area contributed by atoms with Gasteiger partial charge in [0.05, 0.1) is 11.9 Å². The van der Waals surface area contributed by atoms with Gasteiger partial charge in [-0.15, -0.1) is 5.10 Å². The minimum atomic E-state index is -0.958. The van der Waals surface area contributed by atoms with Crippen LogP contribution in [-0.4, -0.2) is 25.1 Å². The topological polar surface area (TPSA) is 59.3 Å². The Hall–Kier alpha value is -1.93. The van der Waals surface area contributed by atoms with Crippen molar-refractivity contribution in [2.75, 3.05) is 11.6 Å². The number of nitrogens with one attached hydrogen (secondary N) is 1. The highest BCUT2D eigenvalue weighted by molar-refractivity contribution is 7.83. The number of fused-ring (bicyclic) bond motifs is 1. The summed E-state index contributed by atoms with van der Waals surface area (Å²) in [6, 6.07) is 13.1. The largest absolute Gasteiger partial charge is 0.330 e. The zero-order chi connectivity index (χ0) is 19.0. The molecule has 0 bridgehead atoms. The third-order valence-corrected chi connectivity index (χ3v) is 6.02. The summed E-state index contributed by atoms with van der Waals surface area (Å²) in [5, 5.41) is 9.80. The molecule has 0 saturated heterocycles. The first-order valence-corrected chi connectivity index (χ1v) is 11.3. The van der Waals surface area contributed by atoms with Gasteiger partial charge in [0.1, 0.15) is 0 Å². The SMILES string of the molecule is CS(=O)Cc1cc(Nc2nn3cc(-c4ccc(Cl)cc4)nc3s2)ccc1Cl. The van der Waals surface area contributed by atoms with Crippen LogP contribution in [0.4, 0.5) is 10.8 Å². The van der Waals surface area contributed by atoms with Crippen LogP contribution in [0.1, 0.15) is 5.56 Å². The van der Waals surface area contributed by atoms with Crippen LogP contribution in [0.25, 0.3) is 16.2 Å². The molecule has 0 aliphatic heterocycles. The molecule has 2 aromatic heterocycles. The maximum atomic E-state index is 11.5. The van der Waals surface area contributed by atoms with Crippen molar-refractivity contribution in [2.45, 2.75) is 5.75 Å². The van der Waals surface area contributed by atoms with Crippen LogP contribution in [0.15, 0.2) is 48.7 Å². The Labute approximate surface area is 172 Å². The summed E-state index contributed by atoms with van der Waals surface area (Å²) in [6.07, 6.45) is 3.54. The smallest absolute Gasteiger partial charge is 0.214 e. The highest BCUT2D eigenvalue weighted by Gasteiger charge is 2.11. The molecule has 4 rings (SSSR count). The van der Waals surface area contributed by atoms with Gasteiger partial charge in [0.25, 0.3) is 0 Å². The summed E-state index contributed by atoms with van der Waals surface area (Å²) >= 11 is 13.6. The molecule has 2 heterocycles. The Kier molecular flexibility index (Phi) is 5.19. The number of aromatic nitrogens is 3. The molecule has 0 spiro atoms. The molecular formula is C18H14Cl2N4OS2. The fraction of sp³-hybridized carbons (Fsp3) is 0.111. The predicted octanol–water partition coefficient (Wildman–Crippen LogP) is 5.39. The first-order chi connectivity index (χ1) is 13.0. The molecule has 27 heavy (non-hydrogen) atoms. The molecule has 0 saturated carbocycles. The van der Waals surface area contributed by atoms with E-state index in [9.17, 15) is 4.21 Å². The van der Waals surface area contributed by atoms with Crippen LogP contribution in [0.2, 0.25) is 10.0 Å². The Morgan fingerprint density at radius 2 is 1.96 bits per heavy atom. The van der Waals surface area contributed by atoms with Crippen molar-refractivity contribution >= 4 is 61.1 Å². The zero-order valence-electron chi connectivity index (χ0n) is 14.1. The molecule has 5 nitrogen and oxygen atoms in total. The average Bonchev–Trinajstić information content (AvgIpc) is 3.16. The van der Waals surface area contributed by atoms with Crippen LogP contribution < -0.4 is 5.32 Å². The van der Waals surface area contributed by atoms with E-state index >= 15 is 0 Å². The normalized spacial score (nSPS) is 12.4. The first-order valence-electron chi connectivity index (χ1n) is 7.95. The maximum absolute atomic E-state index is 11.5. The van der Waals surface area contributed by atoms with Crippen molar-refractivity contribution in [3.8, 4) is 11.3 Å². The van der Waals surface area contributed by atoms with Crippen LogP contribution >= 0.6 is 34.5 Å². The molecule has 2 aromatic carbocycles. The van der Waals surface area contributed by atoms with E-state index in [-0.39, 0.29) is 0 Å². The van der Waals surface area contributed by atoms with E-state index in [1.165, 1.54) is 11.3 Å². The van der Waals surface area contributed by atoms with Gasteiger partial charge in [0, 0.05) is 44.1 Å². The molecule has 138 valence electrons. The summed E-state index contributed by atoms with van der Waals surface area (Å²) in [7, 11) is -0.958. The number of anilines is 2. The lowest BCUT2D eigenvalue weighted by atomic mass is 10.2. The molecule has 0 aliphatic rings. The Balaban J connectivity index is 1.57. The highest BCUT2D eigenvalue weighted by atomic mass is 35.5. The van der Waals surface area contributed by atoms with Crippen molar-refractivity contribution in [1.29, 1.82) is 0 Å². The summed E-state index contributed by atoms with van der Waals surface area (Å²) < 4.78 is 13.2. The molecule has 0 amide bonds. The summed E-state index contributed by atoms with van der Waals surface area (Å²) in [5.74, 6) is 0.417. The number of halogens is 2. The van der Waals surface area contributed by atoms with Gasteiger partial charge in [0.15, 0.2) is 0 Å². The second-order valence-electron chi connectivity index (χ2n) is 5.92. The fourth-order valence-corrected chi connectivity index (χ4v) is 4.48. The Morgan fingerprint density at radius 1 is 1.19 bits per heavy atom. The van der Waals surface area contributed by atoms with Gasteiger partial charge < -0.3 is 5.32 Å². The second kappa shape index (κ2) is 7.59. The molecule has 0 radical (unpaired) electrons. The number of benzene rings is 2. The van der Waals surface area contributed by atoms with E-state index in [1.54, 1.807) is 16.8 Å². The standard InChI is InChI=1S/C18H14Cl2N4OS2/c1-27(25)10-12-8-14(6-7-15(12)20)21-17-23-24-9-16(22-18(24)26-17)11-2-4-13(19)5-3-11/h2-9H,10H2,1H3,(H,21,23). The predicted molar refractivity (Wildman–Crippen MR) is 114 cm³/mol. The lowest BCUT2D eigenvalue weighted by Crippen LogP contribution is -1.96. The molecule has 1 unspecified atom stereocenters. The van der Waals surface area contributed by atoms with Gasteiger partial charge in [-0.3, -0.25) is 4.21 Å². The van der Waals surface area contributed by atoms with E-state index in [1.807, 2.05) is 42.6 Å². The number of nitrogens with zero attached hydrogens (tertiary/aromatic N) is 3. The van der Waals surface area contributed by atoms with E-state index in [0.29, 0.717) is 20.9 Å². The number of imidazole rings is 1. The number of hydrogen-bond donors (Lipinski definition) is 1. The second-order valence-corrected chi connectivity index (χ2v) is 9.15. The molecule has 1 N–H and O–H groups in total. The highest BCUT2D eigenvalue weighted by Crippen LogP contribution is 2.29. The molecular weight excluding hydrogens is 423 g/mol. The maximum Gasteiger partial charge on any atom is 0.214 e. The number of rotatable bonds is 5. The summed E-state index contributed by atoms with van der Waals surface area (Å²) in [4.78, 5) is 5.40. The minimum Gasteiger partial charge on any atom is -0.330 e. The number of hydrogen-bond acceptors (Lipinski definition) is 5. The Morgan fingerprint density at radius 3 is 2.67 bits per heavy atom. The van der Waals surface area contributed by atoms with Gasteiger partial charge in [-0.1, -0.05) is 46.7 Å². The van der Waals surface area contributed by atoms with Crippen molar-refractivity contribution in [1.82, 2.24) is 14.6 Å². The lowest BCUT2D eigenvalue weighted by molar-refractivity contribution is 0.686. The van der Waals surface area contributed by atoms with Gasteiger partial charge in [-0.2, -0.15) is 0 Å². The summed E-state index contributed by atoms with van der Waals surface area (Å²) in [5.41, 5.74) is 3.52. The molecule has 0 fully saturated rings. The Bertz CT molecular complexity index is 1110. The third-order valence-electron chi connectivity index (χ3n) is 3.84. The quantitative estimate of drug-likeness (QED) is 0.455. The monoisotopic (exact) mass is 436 g/mol. The van der Waals surface area contributed by atoms with Crippen LogP contribution in [0.3, 0.4) is 0 Å². The first kappa shape index (κ1) is 18.4. The van der Waals surface area contributed by atoms with Gasteiger partial charge in [-0.25, -0.2) is 9.50 Å². The minimum absolute atomic E-state index is 0.417. The van der Waals surface area contributed by atoms with E-state index in [0.717, 1.165) is 27.5 Å². The third kappa shape index (κ3) is 4.16. The van der Waals surface area contributed by atoms with Crippen LogP contribution in [0, 0.1) is 0 Å². The molecule has 4 aromatic rings. The lowest BCUT2D eigenvalue weighted by Gasteiger charge is -2.07. The summed E-state index contributed by atoms with van der Waals surface area (Å²) in [6.45, 7) is 0. The fourth-order valence-electron chi connectivity index (χ4n) is 2.62. The molecule has 0 aliphatic carbocycles. The molecule has 1 atom stereocenters. The van der Waals surface area contributed by atoms with Gasteiger partial charge in [0.2, 0.25) is 10.1 Å². The van der Waals surface area contributed by atoms with E-state index < -0.39 is 10.8 Å². The van der Waals surface area contributed by atoms with Crippen molar-refractivity contribution in [2.24, 2.45) is 0 Å². The van der Waals surface area contributed by atoms with Crippen molar-refractivity contribution < 1.29 is 4.21 Å². The van der Waals surface area contributed by atoms with E-state index in [2.05, 4.69) is 15.4 Å². The van der Waals surface area contributed by atoms with E-state index in [4.69, 9.17) is 23.2 Å². The van der Waals surface area contributed by atoms with Gasteiger partial charge in [-0.05, 0) is 35.9 Å². The van der Waals surface area contributed by atoms with Gasteiger partial charge >= 0.3 is 0 Å². The van der Waals surface area contributed by atoms with Crippen molar-refractivity contribution in [3.63, 3.8) is 0 Å². The molecule has 9 heteroatoms. The van der Waals surface area contributed by atoms with Crippen LogP contribution in [0.5, 0.6) is 0 Å². The van der Waals surface area contributed by atoms with Crippen molar-refractivity contribution in [3.05, 3.63) is 64.3 Å². The average molecular weight is 437 g/mol. The zero-order valence-corrected chi connectivity index (χ0v) is 17.3. The van der Waals surface area contributed by atoms with Crippen LogP contribution in [-0.2, 0) is 16.6 Å².